The van der Waals surface area contributed by atoms with Gasteiger partial charge in [-0.25, -0.2) is 13.8 Å². The van der Waals surface area contributed by atoms with E-state index in [4.69, 9.17) is 0 Å². The quantitative estimate of drug-likeness (QED) is 0.474. The second-order valence-electron chi connectivity index (χ2n) is 2.22. The number of halogens is 4. The number of nitro groups is 1. The van der Waals surface area contributed by atoms with Crippen molar-refractivity contribution in [2.24, 2.45) is 0 Å². The molecule has 1 aromatic rings. The Labute approximate surface area is 93.7 Å². The Balaban J connectivity index is 3.45. The van der Waals surface area contributed by atoms with Gasteiger partial charge in [0.2, 0.25) is 0 Å². The minimum absolute atomic E-state index is 0.0831. The molecule has 0 spiro atoms. The van der Waals surface area contributed by atoms with Crippen LogP contribution in [0.1, 0.15) is 12.0 Å². The molecule has 0 aliphatic carbocycles. The molecule has 8 heteroatoms. The van der Waals surface area contributed by atoms with E-state index in [0.717, 1.165) is 6.20 Å². The topological polar surface area (TPSA) is 56.0 Å². The minimum Gasteiger partial charge on any atom is -0.258 e. The Morgan fingerprint density at radius 2 is 2.07 bits per heavy atom. The summed E-state index contributed by atoms with van der Waals surface area (Å²) in [6.07, 6.45) is -2.15. The van der Waals surface area contributed by atoms with Crippen molar-refractivity contribution in [3.05, 3.63) is 31.0 Å². The summed E-state index contributed by atoms with van der Waals surface area (Å²) < 4.78 is 24.7. The Kier molecular flexibility index (Phi) is 3.48. The summed E-state index contributed by atoms with van der Waals surface area (Å²) in [5.41, 5.74) is -1.37. The van der Waals surface area contributed by atoms with Crippen LogP contribution in [0.25, 0.3) is 0 Å². The monoisotopic (exact) mass is 330 g/mol. The van der Waals surface area contributed by atoms with Crippen molar-refractivity contribution < 1.29 is 13.7 Å². The van der Waals surface area contributed by atoms with Crippen molar-refractivity contribution >= 4 is 37.5 Å². The fraction of sp³-hybridized carbons (Fsp3) is 0.167. The van der Waals surface area contributed by atoms with Crippen LogP contribution < -0.4 is 0 Å². The van der Waals surface area contributed by atoms with Crippen molar-refractivity contribution in [2.45, 2.75) is 6.43 Å². The standard InChI is InChI=1S/C6H2Br2F2N2O2/c7-3-4(12(13)14)2(6(9)10)1-11-5(3)8/h1,6H. The molecule has 0 aliphatic heterocycles. The van der Waals surface area contributed by atoms with E-state index in [-0.39, 0.29) is 9.08 Å². The van der Waals surface area contributed by atoms with E-state index in [0.29, 0.717) is 0 Å². The van der Waals surface area contributed by atoms with Crippen LogP contribution >= 0.6 is 31.9 Å². The number of aromatic nitrogens is 1. The SMILES string of the molecule is O=[N+]([O-])c1c(C(F)F)cnc(Br)c1Br. The molecule has 4 nitrogen and oxygen atoms in total. The number of rotatable bonds is 2. The first-order valence-corrected chi connectivity index (χ1v) is 4.80. The van der Waals surface area contributed by atoms with Crippen molar-refractivity contribution in [3.63, 3.8) is 0 Å². The summed E-state index contributed by atoms with van der Waals surface area (Å²) in [7, 11) is 0. The molecule has 0 aromatic carbocycles. The molecule has 1 heterocycles. The fourth-order valence-electron chi connectivity index (χ4n) is 0.814. The maximum absolute atomic E-state index is 12.3. The van der Waals surface area contributed by atoms with Gasteiger partial charge in [0, 0.05) is 6.20 Å². The molecular formula is C6H2Br2F2N2O2. The summed E-state index contributed by atoms with van der Waals surface area (Å²) in [6.45, 7) is 0. The summed E-state index contributed by atoms with van der Waals surface area (Å²) in [5, 5.41) is 10.5. The molecule has 1 aromatic heterocycles. The van der Waals surface area contributed by atoms with Crippen LogP contribution in [0.15, 0.2) is 15.3 Å². The number of hydrogen-bond donors (Lipinski definition) is 0. The molecule has 1 rings (SSSR count). The van der Waals surface area contributed by atoms with Crippen LogP contribution in [0, 0.1) is 10.1 Å². The molecule has 76 valence electrons. The Morgan fingerprint density at radius 3 is 2.50 bits per heavy atom. The van der Waals surface area contributed by atoms with Gasteiger partial charge in [-0.15, -0.1) is 0 Å². The summed E-state index contributed by atoms with van der Waals surface area (Å²) in [4.78, 5) is 13.1. The molecule has 0 atom stereocenters. The molecule has 0 radical (unpaired) electrons. The molecule has 14 heavy (non-hydrogen) atoms. The third kappa shape index (κ3) is 2.06. The summed E-state index contributed by atoms with van der Waals surface area (Å²) >= 11 is 5.71. The van der Waals surface area contributed by atoms with E-state index in [2.05, 4.69) is 36.8 Å². The molecular weight excluding hydrogens is 330 g/mol. The first-order valence-electron chi connectivity index (χ1n) is 3.21. The lowest BCUT2D eigenvalue weighted by molar-refractivity contribution is -0.387. The number of pyridine rings is 1. The molecule has 0 amide bonds. The Morgan fingerprint density at radius 1 is 1.50 bits per heavy atom. The molecule has 0 aliphatic rings. The van der Waals surface area contributed by atoms with Gasteiger partial charge in [0.05, 0.1) is 4.92 Å². The molecule has 0 saturated carbocycles. The van der Waals surface area contributed by atoms with Crippen LogP contribution in [0.4, 0.5) is 14.5 Å². The maximum atomic E-state index is 12.3. The van der Waals surface area contributed by atoms with E-state index >= 15 is 0 Å². The average molecular weight is 332 g/mol. The van der Waals surface area contributed by atoms with Gasteiger partial charge in [0.1, 0.15) is 14.6 Å². The highest BCUT2D eigenvalue weighted by Gasteiger charge is 2.27. The predicted molar refractivity (Wildman–Crippen MR) is 51.2 cm³/mol. The minimum atomic E-state index is -2.92. The lowest BCUT2D eigenvalue weighted by Crippen LogP contribution is -1.99. The van der Waals surface area contributed by atoms with Gasteiger partial charge in [-0.2, -0.15) is 0 Å². The first-order chi connectivity index (χ1) is 6.45. The zero-order valence-corrected chi connectivity index (χ0v) is 9.55. The Hall–Kier alpha value is -0.630. The number of alkyl halides is 2. The van der Waals surface area contributed by atoms with E-state index in [9.17, 15) is 18.9 Å². The van der Waals surface area contributed by atoms with Crippen molar-refractivity contribution in [1.82, 2.24) is 4.98 Å². The van der Waals surface area contributed by atoms with E-state index in [1.54, 1.807) is 0 Å². The normalized spacial score (nSPS) is 10.6. The van der Waals surface area contributed by atoms with Crippen molar-refractivity contribution in [3.8, 4) is 0 Å². The number of nitrogens with zero attached hydrogens (tertiary/aromatic N) is 2. The second kappa shape index (κ2) is 4.26. The van der Waals surface area contributed by atoms with Crippen LogP contribution in [0.2, 0.25) is 0 Å². The largest absolute Gasteiger partial charge is 0.296 e. The first kappa shape index (κ1) is 11.4. The average Bonchev–Trinajstić information content (AvgIpc) is 2.08. The third-order valence-electron chi connectivity index (χ3n) is 1.40. The van der Waals surface area contributed by atoms with Crippen molar-refractivity contribution in [1.29, 1.82) is 0 Å². The van der Waals surface area contributed by atoms with Crippen LogP contribution in [-0.2, 0) is 0 Å². The molecule has 0 bridgehead atoms. The van der Waals surface area contributed by atoms with E-state index in [1.807, 2.05) is 0 Å². The molecule has 0 N–H and O–H groups in total. The lowest BCUT2D eigenvalue weighted by atomic mass is 10.2. The van der Waals surface area contributed by atoms with Gasteiger partial charge in [-0.3, -0.25) is 10.1 Å². The lowest BCUT2D eigenvalue weighted by Gasteiger charge is -2.03. The fourth-order valence-corrected chi connectivity index (χ4v) is 1.58. The third-order valence-corrected chi connectivity index (χ3v) is 3.28. The van der Waals surface area contributed by atoms with E-state index < -0.39 is 22.6 Å². The molecule has 0 fully saturated rings. The summed E-state index contributed by atoms with van der Waals surface area (Å²) in [6, 6.07) is 0. The van der Waals surface area contributed by atoms with Gasteiger partial charge < -0.3 is 0 Å². The maximum Gasteiger partial charge on any atom is 0.296 e. The number of hydrogen-bond acceptors (Lipinski definition) is 3. The van der Waals surface area contributed by atoms with Crippen LogP contribution in [0.5, 0.6) is 0 Å². The molecule has 0 saturated heterocycles. The highest BCUT2D eigenvalue weighted by Crippen LogP contribution is 2.37. The van der Waals surface area contributed by atoms with Gasteiger partial charge >= 0.3 is 0 Å². The van der Waals surface area contributed by atoms with Crippen LogP contribution in [-0.4, -0.2) is 9.91 Å². The zero-order chi connectivity index (χ0) is 10.9. The van der Waals surface area contributed by atoms with Gasteiger partial charge in [-0.1, -0.05) is 0 Å². The van der Waals surface area contributed by atoms with Gasteiger partial charge in [0.15, 0.2) is 0 Å². The highest BCUT2D eigenvalue weighted by atomic mass is 79.9. The van der Waals surface area contributed by atoms with Gasteiger partial charge in [-0.05, 0) is 31.9 Å². The zero-order valence-electron chi connectivity index (χ0n) is 6.38. The van der Waals surface area contributed by atoms with E-state index in [1.165, 1.54) is 0 Å². The van der Waals surface area contributed by atoms with Crippen LogP contribution in [0.3, 0.4) is 0 Å². The second-order valence-corrected chi connectivity index (χ2v) is 3.77. The smallest absolute Gasteiger partial charge is 0.258 e. The van der Waals surface area contributed by atoms with Gasteiger partial charge in [0.25, 0.3) is 12.1 Å². The Bertz CT molecular complexity index is 386. The molecule has 0 unspecified atom stereocenters. The summed E-state index contributed by atoms with van der Waals surface area (Å²) in [5.74, 6) is 0. The van der Waals surface area contributed by atoms with Crippen molar-refractivity contribution in [2.75, 3.05) is 0 Å². The predicted octanol–water partition coefficient (Wildman–Crippen LogP) is 3.45. The highest BCUT2D eigenvalue weighted by molar-refractivity contribution is 9.13.